The van der Waals surface area contributed by atoms with E-state index in [1.807, 2.05) is 36.4 Å². The first kappa shape index (κ1) is 40.1. The first-order valence-electron chi connectivity index (χ1n) is 18.8. The third-order valence-corrected chi connectivity index (χ3v) is 8.41. The normalized spacial score (nSPS) is 11.3. The number of ether oxygens (including phenoxy) is 4. The Bertz CT molecular complexity index is 1360. The molecule has 50 heavy (non-hydrogen) atoms. The van der Waals surface area contributed by atoms with Crippen LogP contribution in [0.4, 0.5) is 0 Å². The zero-order valence-electron chi connectivity index (χ0n) is 30.8. The maximum atomic E-state index is 12.1. The Balaban J connectivity index is 1.89. The summed E-state index contributed by atoms with van der Waals surface area (Å²) in [6.45, 7) is 10.0. The lowest BCUT2D eigenvalue weighted by Crippen LogP contribution is -2.04. The Hall–Kier alpha value is -4.32. The highest BCUT2D eigenvalue weighted by Gasteiger charge is 2.12. The summed E-state index contributed by atoms with van der Waals surface area (Å²) in [5.41, 5.74) is 4.85. The van der Waals surface area contributed by atoms with Crippen molar-refractivity contribution in [2.24, 2.45) is 0 Å². The number of rotatable bonds is 24. The maximum Gasteiger partial charge on any atom is 0.338 e. The maximum absolute atomic E-state index is 12.1. The Kier molecular flexibility index (Phi) is 19.2. The average molecular weight is 683 g/mol. The molecule has 0 aliphatic carbocycles. The van der Waals surface area contributed by atoms with E-state index in [1.54, 1.807) is 38.1 Å². The molecule has 0 N–H and O–H groups in total. The molecule has 0 aliphatic heterocycles. The average Bonchev–Trinajstić information content (AvgIpc) is 3.13. The second-order valence-corrected chi connectivity index (χ2v) is 12.5. The van der Waals surface area contributed by atoms with E-state index in [-0.39, 0.29) is 11.9 Å². The van der Waals surface area contributed by atoms with E-state index in [9.17, 15) is 9.59 Å². The van der Waals surface area contributed by atoms with Crippen LogP contribution in [0.3, 0.4) is 0 Å². The number of carbonyl (C=O) groups is 2. The molecule has 0 heterocycles. The number of benzene rings is 3. The van der Waals surface area contributed by atoms with Crippen LogP contribution in [0.25, 0.3) is 24.3 Å². The Labute approximate surface area is 300 Å². The lowest BCUT2D eigenvalue weighted by atomic mass is 10.0. The molecule has 3 aromatic rings. The third-order valence-electron chi connectivity index (χ3n) is 8.41. The minimum Gasteiger partial charge on any atom is -0.493 e. The van der Waals surface area contributed by atoms with Crippen LogP contribution in [-0.2, 0) is 9.47 Å². The number of hydrogen-bond donors (Lipinski definition) is 0. The lowest BCUT2D eigenvalue weighted by molar-refractivity contribution is 0.0516. The van der Waals surface area contributed by atoms with Crippen molar-refractivity contribution in [1.29, 1.82) is 0 Å². The van der Waals surface area contributed by atoms with E-state index in [1.165, 1.54) is 51.4 Å². The highest BCUT2D eigenvalue weighted by atomic mass is 16.5. The highest BCUT2D eigenvalue weighted by Crippen LogP contribution is 2.33. The second-order valence-electron chi connectivity index (χ2n) is 12.5. The molecule has 0 bridgehead atoms. The van der Waals surface area contributed by atoms with Gasteiger partial charge in [0.2, 0.25) is 0 Å². The summed E-state index contributed by atoms with van der Waals surface area (Å²) in [4.78, 5) is 24.3. The van der Waals surface area contributed by atoms with E-state index in [0.29, 0.717) is 37.6 Å². The molecule has 0 atom stereocenters. The summed E-state index contributed by atoms with van der Waals surface area (Å²) in [7, 11) is 0. The zero-order valence-corrected chi connectivity index (χ0v) is 30.8. The fourth-order valence-corrected chi connectivity index (χ4v) is 5.49. The summed E-state index contributed by atoms with van der Waals surface area (Å²) in [6, 6.07) is 19.0. The van der Waals surface area contributed by atoms with Crippen LogP contribution in [0.5, 0.6) is 11.5 Å². The van der Waals surface area contributed by atoms with Gasteiger partial charge in [-0.05, 0) is 74.2 Å². The van der Waals surface area contributed by atoms with Gasteiger partial charge in [-0.1, -0.05) is 127 Å². The van der Waals surface area contributed by atoms with Crippen LogP contribution in [0.1, 0.15) is 148 Å². The number of esters is 2. The van der Waals surface area contributed by atoms with Gasteiger partial charge in [-0.2, -0.15) is 0 Å². The first-order chi connectivity index (χ1) is 24.5. The predicted molar refractivity (Wildman–Crippen MR) is 207 cm³/mol. The van der Waals surface area contributed by atoms with Crippen LogP contribution in [0.15, 0.2) is 60.7 Å². The minimum atomic E-state index is -0.320. The van der Waals surface area contributed by atoms with Gasteiger partial charge in [0.1, 0.15) is 11.5 Å². The summed E-state index contributed by atoms with van der Waals surface area (Å²) in [5.74, 6) is 0.947. The van der Waals surface area contributed by atoms with E-state index >= 15 is 0 Å². The quantitative estimate of drug-likeness (QED) is 0.0532. The van der Waals surface area contributed by atoms with Gasteiger partial charge in [-0.15, -0.1) is 0 Å². The molecule has 0 radical (unpaired) electrons. The Morgan fingerprint density at radius 1 is 0.480 bits per heavy atom. The number of hydrogen-bond acceptors (Lipinski definition) is 6. The van der Waals surface area contributed by atoms with Crippen LogP contribution in [-0.4, -0.2) is 38.4 Å². The topological polar surface area (TPSA) is 71.1 Å². The van der Waals surface area contributed by atoms with Gasteiger partial charge in [0.25, 0.3) is 0 Å². The molecule has 0 aromatic heterocycles. The summed E-state index contributed by atoms with van der Waals surface area (Å²) in [5, 5.41) is 0. The summed E-state index contributed by atoms with van der Waals surface area (Å²) < 4.78 is 23.2. The van der Waals surface area contributed by atoms with Gasteiger partial charge in [0.15, 0.2) is 0 Å². The molecule has 0 unspecified atom stereocenters. The zero-order chi connectivity index (χ0) is 35.8. The van der Waals surface area contributed by atoms with Gasteiger partial charge in [0.05, 0.1) is 37.6 Å². The van der Waals surface area contributed by atoms with Gasteiger partial charge in [-0.3, -0.25) is 0 Å². The number of unbranched alkanes of at least 4 members (excludes halogenated alkanes) is 10. The van der Waals surface area contributed by atoms with Crippen molar-refractivity contribution in [2.75, 3.05) is 26.4 Å². The van der Waals surface area contributed by atoms with Crippen LogP contribution in [0, 0.1) is 0 Å². The number of carbonyl (C=O) groups excluding carboxylic acids is 2. The third kappa shape index (κ3) is 14.7. The van der Waals surface area contributed by atoms with Crippen molar-refractivity contribution in [3.63, 3.8) is 0 Å². The first-order valence-corrected chi connectivity index (χ1v) is 18.8. The monoisotopic (exact) mass is 682 g/mol. The van der Waals surface area contributed by atoms with E-state index in [2.05, 4.69) is 38.1 Å². The van der Waals surface area contributed by atoms with E-state index in [4.69, 9.17) is 18.9 Å². The molecule has 270 valence electrons. The molecule has 3 aromatic carbocycles. The predicted octanol–water partition coefficient (Wildman–Crippen LogP) is 11.9. The van der Waals surface area contributed by atoms with Crippen molar-refractivity contribution < 1.29 is 28.5 Å². The molecular formula is C44H58O6. The molecule has 3 rings (SSSR count). The summed E-state index contributed by atoms with van der Waals surface area (Å²) >= 11 is 0. The minimum absolute atomic E-state index is 0.320. The standard InChI is InChI=1S/C44H58O6/c1-5-9-11-13-15-17-31-49-41-33-40(30-24-36-21-27-38(28-22-36)44(46)48-8-4)42(50-32-18-16-14-12-10-6-2)34-39(41)29-23-35-19-25-37(26-20-35)43(45)47-7-3/h19-30,33-34H,5-18,31-32H2,1-4H3/b29-23+,30-24+. The molecule has 0 aliphatic rings. The SMILES string of the molecule is CCCCCCCCOc1cc(/C=C/c2ccc(C(=O)OCC)cc2)c(OCCCCCCCC)cc1/C=C/c1ccc(C(=O)OCC)cc1. The van der Waals surface area contributed by atoms with Crippen molar-refractivity contribution in [1.82, 2.24) is 0 Å². The molecule has 6 nitrogen and oxygen atoms in total. The Morgan fingerprint density at radius 3 is 1.20 bits per heavy atom. The molecule has 0 fully saturated rings. The van der Waals surface area contributed by atoms with Crippen LogP contribution >= 0.6 is 0 Å². The molecule has 0 saturated heterocycles. The van der Waals surface area contributed by atoms with Gasteiger partial charge in [0, 0.05) is 11.1 Å². The fraction of sp³-hybridized carbons (Fsp3) is 0.455. The lowest BCUT2D eigenvalue weighted by Gasteiger charge is -2.16. The van der Waals surface area contributed by atoms with Crippen molar-refractivity contribution in [2.45, 2.75) is 105 Å². The molecule has 6 heteroatoms. The van der Waals surface area contributed by atoms with Crippen molar-refractivity contribution >= 4 is 36.2 Å². The van der Waals surface area contributed by atoms with Gasteiger partial charge < -0.3 is 18.9 Å². The van der Waals surface area contributed by atoms with Crippen LogP contribution in [0.2, 0.25) is 0 Å². The molecule has 0 saturated carbocycles. The van der Waals surface area contributed by atoms with E-state index < -0.39 is 0 Å². The molecule has 0 amide bonds. The van der Waals surface area contributed by atoms with E-state index in [0.717, 1.165) is 59.4 Å². The largest absolute Gasteiger partial charge is 0.493 e. The molecular weight excluding hydrogens is 624 g/mol. The fourth-order valence-electron chi connectivity index (χ4n) is 5.49. The van der Waals surface area contributed by atoms with Crippen LogP contribution < -0.4 is 9.47 Å². The van der Waals surface area contributed by atoms with Crippen molar-refractivity contribution in [3.8, 4) is 11.5 Å². The molecule has 0 spiro atoms. The Morgan fingerprint density at radius 2 is 0.840 bits per heavy atom. The van der Waals surface area contributed by atoms with Crippen molar-refractivity contribution in [3.05, 3.63) is 94.0 Å². The summed E-state index contributed by atoms with van der Waals surface area (Å²) in [6.07, 6.45) is 22.4. The van der Waals surface area contributed by atoms with Gasteiger partial charge >= 0.3 is 11.9 Å². The highest BCUT2D eigenvalue weighted by molar-refractivity contribution is 5.90. The smallest absolute Gasteiger partial charge is 0.338 e. The second kappa shape index (κ2) is 23.9. The van der Waals surface area contributed by atoms with Gasteiger partial charge in [-0.25, -0.2) is 9.59 Å².